The molecule has 3 heterocycles. The van der Waals surface area contributed by atoms with Gasteiger partial charge in [0.25, 0.3) is 6.71 Å². The molecule has 4 heteroatoms. The zero-order chi connectivity index (χ0) is 32.0. The first-order valence-corrected chi connectivity index (χ1v) is 16.5. The Morgan fingerprint density at radius 2 is 1.38 bits per heavy atom. The fraction of sp³-hybridized carbons (Fsp3) is 0.140. The van der Waals surface area contributed by atoms with Gasteiger partial charge in [-0.1, -0.05) is 81.4 Å². The van der Waals surface area contributed by atoms with Crippen LogP contribution in [0.3, 0.4) is 0 Å². The number of anilines is 3. The second kappa shape index (κ2) is 10.1. The van der Waals surface area contributed by atoms with Gasteiger partial charge in [-0.2, -0.15) is 0 Å². The normalized spacial score (nSPS) is 13.3. The lowest BCUT2D eigenvalue weighted by Gasteiger charge is -2.40. The number of ether oxygens (including phenoxy) is 1. The SMILES string of the molecule is Cc1cc(C)cc(N2c3ccccc3B3c4cc5ccnc(-c6cc(C(C)(C)C)c7ccccc7c6)c5cc4Oc4cccc2c43)c1. The van der Waals surface area contributed by atoms with Crippen molar-refractivity contribution in [3.63, 3.8) is 0 Å². The summed E-state index contributed by atoms with van der Waals surface area (Å²) in [5.74, 6) is 1.81. The highest BCUT2D eigenvalue weighted by Gasteiger charge is 2.41. The lowest BCUT2D eigenvalue weighted by Crippen LogP contribution is -2.59. The van der Waals surface area contributed by atoms with Crippen molar-refractivity contribution < 1.29 is 4.74 Å². The van der Waals surface area contributed by atoms with E-state index in [2.05, 4.69) is 155 Å². The van der Waals surface area contributed by atoms with Gasteiger partial charge < -0.3 is 9.64 Å². The molecule has 0 spiro atoms. The number of hydrogen-bond donors (Lipinski definition) is 0. The van der Waals surface area contributed by atoms with Gasteiger partial charge in [-0.25, -0.2) is 0 Å². The van der Waals surface area contributed by atoms with E-state index in [4.69, 9.17) is 9.72 Å². The fourth-order valence-corrected chi connectivity index (χ4v) is 7.96. The highest BCUT2D eigenvalue weighted by Crippen LogP contribution is 2.42. The average molecular weight is 607 g/mol. The smallest absolute Gasteiger partial charge is 0.256 e. The Morgan fingerprint density at radius 3 is 2.21 bits per heavy atom. The largest absolute Gasteiger partial charge is 0.458 e. The number of pyridine rings is 1. The van der Waals surface area contributed by atoms with E-state index in [9.17, 15) is 0 Å². The number of benzene rings is 6. The average Bonchev–Trinajstić information content (AvgIpc) is 3.05. The van der Waals surface area contributed by atoms with Crippen LogP contribution < -0.4 is 26.0 Å². The third-order valence-electron chi connectivity index (χ3n) is 9.89. The van der Waals surface area contributed by atoms with Gasteiger partial charge in [-0.3, -0.25) is 4.98 Å². The molecule has 2 aliphatic heterocycles. The molecule has 0 bridgehead atoms. The van der Waals surface area contributed by atoms with E-state index in [1.54, 1.807) is 0 Å². The Morgan fingerprint density at radius 1 is 0.638 bits per heavy atom. The maximum absolute atomic E-state index is 6.86. The predicted molar refractivity (Wildman–Crippen MR) is 199 cm³/mol. The van der Waals surface area contributed by atoms with Crippen LogP contribution in [0.1, 0.15) is 37.5 Å². The quantitative estimate of drug-likeness (QED) is 0.183. The highest BCUT2D eigenvalue weighted by molar-refractivity contribution is 6.99. The molecule has 2 aliphatic rings. The highest BCUT2D eigenvalue weighted by atomic mass is 16.5. The van der Waals surface area contributed by atoms with Crippen LogP contribution in [0.2, 0.25) is 0 Å². The molecule has 0 amide bonds. The number of hydrogen-bond acceptors (Lipinski definition) is 3. The molecule has 0 N–H and O–H groups in total. The van der Waals surface area contributed by atoms with E-state index in [0.717, 1.165) is 33.5 Å². The second-order valence-corrected chi connectivity index (χ2v) is 14.2. The number of nitrogens with zero attached hydrogens (tertiary/aromatic N) is 2. The van der Waals surface area contributed by atoms with Crippen molar-refractivity contribution in [1.82, 2.24) is 4.98 Å². The first-order valence-electron chi connectivity index (χ1n) is 16.5. The summed E-state index contributed by atoms with van der Waals surface area (Å²) < 4.78 is 6.86. The minimum Gasteiger partial charge on any atom is -0.458 e. The summed E-state index contributed by atoms with van der Waals surface area (Å²) in [6, 6.07) is 42.2. The van der Waals surface area contributed by atoms with Crippen LogP contribution in [0.5, 0.6) is 11.5 Å². The maximum Gasteiger partial charge on any atom is 0.256 e. The topological polar surface area (TPSA) is 25.4 Å². The summed E-state index contributed by atoms with van der Waals surface area (Å²) in [4.78, 5) is 7.41. The summed E-state index contributed by atoms with van der Waals surface area (Å²) in [6.07, 6.45) is 1.95. The maximum atomic E-state index is 6.86. The number of aryl methyl sites for hydroxylation is 2. The molecular formula is C43H35BN2O. The van der Waals surface area contributed by atoms with E-state index in [-0.39, 0.29) is 12.1 Å². The molecule has 226 valence electrons. The molecule has 6 aromatic carbocycles. The van der Waals surface area contributed by atoms with Crippen LogP contribution in [-0.2, 0) is 5.41 Å². The zero-order valence-electron chi connectivity index (χ0n) is 27.4. The molecule has 1 aromatic heterocycles. The van der Waals surface area contributed by atoms with E-state index in [0.29, 0.717) is 0 Å². The van der Waals surface area contributed by atoms with Crippen molar-refractivity contribution in [2.24, 2.45) is 0 Å². The number of fused-ring (bicyclic) bond motifs is 6. The number of rotatable bonds is 2. The minimum atomic E-state index is -0.0106. The van der Waals surface area contributed by atoms with Crippen LogP contribution >= 0.6 is 0 Å². The summed E-state index contributed by atoms with van der Waals surface area (Å²) in [5, 5.41) is 4.79. The summed E-state index contributed by atoms with van der Waals surface area (Å²) in [7, 11) is 0. The Balaban J connectivity index is 1.26. The fourth-order valence-electron chi connectivity index (χ4n) is 7.96. The molecule has 0 aliphatic carbocycles. The van der Waals surface area contributed by atoms with Gasteiger partial charge in [-0.15, -0.1) is 0 Å². The molecule has 47 heavy (non-hydrogen) atoms. The summed E-state index contributed by atoms with van der Waals surface area (Å²) in [6.45, 7) is 11.3. The Hall–Kier alpha value is -5.35. The summed E-state index contributed by atoms with van der Waals surface area (Å²) >= 11 is 0. The standard InChI is InChI=1S/C43H35BN2O/c1-26-19-27(2)21-31(20-26)46-37-14-9-8-13-35(37)44-36-24-29-17-18-45-42(33(29)25-40(36)47-39-16-10-15-38(46)41(39)44)30-22-28-11-6-7-12-32(28)34(23-30)43(3,4)5/h6-25H,1-5H3. The zero-order valence-corrected chi connectivity index (χ0v) is 27.4. The molecule has 0 saturated carbocycles. The molecule has 0 radical (unpaired) electrons. The molecule has 0 atom stereocenters. The number of aromatic nitrogens is 1. The van der Waals surface area contributed by atoms with Gasteiger partial charge in [0.05, 0.1) is 5.69 Å². The molecule has 3 nitrogen and oxygen atoms in total. The van der Waals surface area contributed by atoms with Crippen molar-refractivity contribution in [1.29, 1.82) is 0 Å². The van der Waals surface area contributed by atoms with Gasteiger partial charge in [0.15, 0.2) is 0 Å². The van der Waals surface area contributed by atoms with Crippen LogP contribution in [0.15, 0.2) is 121 Å². The van der Waals surface area contributed by atoms with E-state index in [1.807, 2.05) is 6.20 Å². The van der Waals surface area contributed by atoms with Crippen molar-refractivity contribution in [2.45, 2.75) is 40.0 Å². The van der Waals surface area contributed by atoms with Gasteiger partial charge in [0.1, 0.15) is 11.5 Å². The van der Waals surface area contributed by atoms with Crippen LogP contribution in [0, 0.1) is 13.8 Å². The summed E-state index contributed by atoms with van der Waals surface area (Å²) in [5.41, 5.74) is 13.2. The molecular weight excluding hydrogens is 571 g/mol. The predicted octanol–water partition coefficient (Wildman–Crippen LogP) is 9.37. The van der Waals surface area contributed by atoms with Crippen molar-refractivity contribution in [3.05, 3.63) is 138 Å². The van der Waals surface area contributed by atoms with Gasteiger partial charge >= 0.3 is 0 Å². The van der Waals surface area contributed by atoms with Gasteiger partial charge in [0.2, 0.25) is 0 Å². The lowest BCUT2D eigenvalue weighted by molar-refractivity contribution is 0.488. The Kier molecular flexibility index (Phi) is 5.99. The Labute approximate surface area is 276 Å². The van der Waals surface area contributed by atoms with Crippen LogP contribution in [-0.4, -0.2) is 11.7 Å². The van der Waals surface area contributed by atoms with Crippen molar-refractivity contribution >= 4 is 61.7 Å². The van der Waals surface area contributed by atoms with E-state index in [1.165, 1.54) is 60.9 Å². The first-order chi connectivity index (χ1) is 22.7. The molecule has 0 saturated heterocycles. The van der Waals surface area contributed by atoms with E-state index >= 15 is 0 Å². The van der Waals surface area contributed by atoms with Gasteiger partial charge in [0, 0.05) is 34.2 Å². The van der Waals surface area contributed by atoms with Gasteiger partial charge in [-0.05, 0) is 123 Å². The van der Waals surface area contributed by atoms with Crippen molar-refractivity contribution in [2.75, 3.05) is 4.90 Å². The second-order valence-electron chi connectivity index (χ2n) is 14.2. The minimum absolute atomic E-state index is 0.0106. The van der Waals surface area contributed by atoms with Crippen LogP contribution in [0.25, 0.3) is 32.8 Å². The molecule has 7 aromatic rings. The molecule has 0 unspecified atom stereocenters. The van der Waals surface area contributed by atoms with Crippen LogP contribution in [0.4, 0.5) is 17.1 Å². The van der Waals surface area contributed by atoms with E-state index < -0.39 is 0 Å². The number of para-hydroxylation sites is 1. The van der Waals surface area contributed by atoms with Crippen molar-refractivity contribution in [3.8, 4) is 22.8 Å². The monoisotopic (exact) mass is 606 g/mol. The third-order valence-corrected chi connectivity index (χ3v) is 9.89. The Bertz CT molecular complexity index is 2400. The molecule has 9 rings (SSSR count). The third kappa shape index (κ3) is 4.31. The first kappa shape index (κ1) is 27.9. The lowest BCUT2D eigenvalue weighted by atomic mass is 9.34. The molecule has 0 fully saturated rings.